The van der Waals surface area contributed by atoms with Crippen LogP contribution in [0.4, 0.5) is 22.2 Å². The summed E-state index contributed by atoms with van der Waals surface area (Å²) in [7, 11) is -4.33. The number of thioether (sulfide) groups is 1. The Hall–Kier alpha value is -4.58. The molecule has 0 bridgehead atoms. The van der Waals surface area contributed by atoms with E-state index < -0.39 is 71.3 Å². The Morgan fingerprint density at radius 3 is 2.38 bits per heavy atom. The zero-order chi connectivity index (χ0) is 49.5. The lowest BCUT2D eigenvalue weighted by atomic mass is 10.1. The molecule has 25 heteroatoms. The van der Waals surface area contributed by atoms with Crippen molar-refractivity contribution in [1.29, 1.82) is 0 Å². The molecule has 0 radical (unpaired) electrons. The molecule has 3 aromatic heterocycles. The molecule has 374 valence electrons. The molecule has 4 aromatic rings. The maximum Gasteiger partial charge on any atom is 0.351 e. The number of anilines is 3. The van der Waals surface area contributed by atoms with E-state index in [2.05, 4.69) is 104 Å². The molecule has 0 unspecified atom stereocenters. The van der Waals surface area contributed by atoms with Gasteiger partial charge in [0.2, 0.25) is 5.95 Å². The first kappa shape index (κ1) is 51.3. The highest BCUT2D eigenvalue weighted by molar-refractivity contribution is 7.99. The normalized spacial score (nSPS) is 22.9. The van der Waals surface area contributed by atoms with Crippen LogP contribution in [0.1, 0.15) is 66.8 Å². The highest BCUT2D eigenvalue weighted by Gasteiger charge is 2.48. The molecule has 2 fully saturated rings. The summed E-state index contributed by atoms with van der Waals surface area (Å²) in [6, 6.07) is 4.86. The van der Waals surface area contributed by atoms with E-state index in [0.717, 1.165) is 0 Å². The Morgan fingerprint density at radius 1 is 0.971 bits per heavy atom. The van der Waals surface area contributed by atoms with Gasteiger partial charge in [0, 0.05) is 18.7 Å². The lowest BCUT2D eigenvalue weighted by molar-refractivity contribution is -0.0548. The number of benzene rings is 1. The number of H-pyrrole nitrogens is 1. The molecule has 0 saturated carbocycles. The number of nitrogen functional groups attached to an aromatic ring is 1. The van der Waals surface area contributed by atoms with Gasteiger partial charge in [-0.1, -0.05) is 59.4 Å². The smallest absolute Gasteiger partial charge is 0.351 e. The van der Waals surface area contributed by atoms with Crippen LogP contribution in [0, 0.1) is 0 Å². The van der Waals surface area contributed by atoms with Crippen LogP contribution in [0.5, 0.6) is 17.2 Å². The molecular weight excluding hydrogens is 937 g/mol. The number of nitrogens with zero attached hydrogens (tertiary/aromatic N) is 5. The van der Waals surface area contributed by atoms with Crippen LogP contribution < -0.4 is 42.4 Å². The first-order valence-electron chi connectivity index (χ1n) is 22.7. The monoisotopic (exact) mass is 1000 g/mol. The van der Waals surface area contributed by atoms with Crippen molar-refractivity contribution in [3.63, 3.8) is 0 Å². The van der Waals surface area contributed by atoms with Gasteiger partial charge in [-0.3, -0.25) is 18.9 Å². The number of rotatable bonds is 17. The van der Waals surface area contributed by atoms with Gasteiger partial charge in [0.15, 0.2) is 56.5 Å². The number of ether oxygens (including phenoxy) is 4. The van der Waals surface area contributed by atoms with Gasteiger partial charge in [-0.25, -0.2) is 14.6 Å². The number of aromatic amines is 1. The van der Waals surface area contributed by atoms with E-state index in [-0.39, 0.29) is 70.1 Å². The van der Waals surface area contributed by atoms with Crippen molar-refractivity contribution >= 4 is 63.0 Å². The second-order valence-corrected chi connectivity index (χ2v) is 30.8. The highest BCUT2D eigenvalue weighted by Crippen LogP contribution is 2.47. The Labute approximate surface area is 400 Å². The van der Waals surface area contributed by atoms with Gasteiger partial charge in [0.25, 0.3) is 5.56 Å². The number of nitrogens with two attached hydrogens (primary N) is 1. The summed E-state index contributed by atoms with van der Waals surface area (Å²) in [5.41, 5.74) is 5.14. The highest BCUT2D eigenvalue weighted by atomic mass is 32.2. The number of amides is 2. The number of aliphatic hydroxyl groups is 3. The summed E-state index contributed by atoms with van der Waals surface area (Å²) in [5, 5.41) is 39.7. The Kier molecular flexibility index (Phi) is 15.1. The van der Waals surface area contributed by atoms with Crippen LogP contribution in [-0.4, -0.2) is 136 Å². The number of para-hydroxylation sites is 1. The number of carbonyl (C=O) groups is 1. The van der Waals surface area contributed by atoms with Crippen molar-refractivity contribution in [1.82, 2.24) is 39.7 Å². The summed E-state index contributed by atoms with van der Waals surface area (Å²) >= 11 is 1.22. The molecule has 22 nitrogen and oxygen atoms in total. The van der Waals surface area contributed by atoms with E-state index >= 15 is 0 Å². The zero-order valence-corrected chi connectivity index (χ0v) is 43.1. The molecule has 3 aliphatic heterocycles. The van der Waals surface area contributed by atoms with Gasteiger partial charge in [-0.05, 0) is 54.8 Å². The molecule has 1 aromatic carbocycles. The minimum atomic E-state index is -2.22. The largest absolute Gasteiger partial charge is 0.489 e. The Morgan fingerprint density at radius 2 is 1.69 bits per heavy atom. The first-order chi connectivity index (χ1) is 31.9. The minimum Gasteiger partial charge on any atom is -0.489 e. The summed E-state index contributed by atoms with van der Waals surface area (Å²) in [5.74, 6) is 1.69. The van der Waals surface area contributed by atoms with Crippen molar-refractivity contribution < 1.29 is 47.9 Å². The van der Waals surface area contributed by atoms with Gasteiger partial charge in [0.1, 0.15) is 48.7 Å². The third-order valence-corrected chi connectivity index (χ3v) is 23.4. The molecule has 2 saturated heterocycles. The number of nitrogens with one attached hydrogen (secondary N) is 4. The minimum absolute atomic E-state index is 0.00930. The number of hydrogen-bond donors (Lipinski definition) is 8. The van der Waals surface area contributed by atoms with Crippen LogP contribution in [0.15, 0.2) is 39.1 Å². The van der Waals surface area contributed by atoms with Crippen molar-refractivity contribution in [2.24, 2.45) is 0 Å². The SMILES string of the molecule is CC(C)(C)[Si](C)(C)OC[C@H]1O[C@@H](n2cc3c(nc2=O)Nc2c(OCCNC(=O)NCCCSc4nc5c(=O)[nH]c(N)nc5n4[C@@H]4O[C@H](CO)[C@@H](O)[C@H]4O)cccc2O3)C[C@@H]1O[Si](C)(C)C(C)(C)C. The lowest BCUT2D eigenvalue weighted by Gasteiger charge is -2.40. The third kappa shape index (κ3) is 10.9. The van der Waals surface area contributed by atoms with Crippen molar-refractivity contribution in [2.75, 3.05) is 49.7 Å². The predicted octanol–water partition coefficient (Wildman–Crippen LogP) is 4.28. The average molecular weight is 1000 g/mol. The fourth-order valence-corrected chi connectivity index (χ4v) is 10.7. The van der Waals surface area contributed by atoms with Crippen LogP contribution in [-0.2, 0) is 18.3 Å². The Balaban J connectivity index is 0.912. The van der Waals surface area contributed by atoms with Crippen molar-refractivity contribution in [2.45, 2.75) is 139 Å². The maximum absolute atomic E-state index is 13.7. The van der Waals surface area contributed by atoms with Crippen molar-refractivity contribution in [3.8, 4) is 17.2 Å². The number of imidazole rings is 1. The predicted molar refractivity (Wildman–Crippen MR) is 260 cm³/mol. The first-order valence-corrected chi connectivity index (χ1v) is 29.5. The number of aromatic nitrogens is 6. The van der Waals surface area contributed by atoms with Gasteiger partial charge in [-0.2, -0.15) is 9.97 Å². The number of urea groups is 1. The quantitative estimate of drug-likeness (QED) is 0.0366. The molecule has 7 atom stereocenters. The number of aliphatic hydroxyl groups excluding tert-OH is 3. The van der Waals surface area contributed by atoms with Gasteiger partial charge in [0.05, 0.1) is 32.1 Å². The number of fused-ring (bicyclic) bond motifs is 3. The zero-order valence-electron chi connectivity index (χ0n) is 40.2. The molecule has 6 heterocycles. The van der Waals surface area contributed by atoms with Crippen LogP contribution >= 0.6 is 11.8 Å². The molecule has 2 amide bonds. The van der Waals surface area contributed by atoms with Crippen LogP contribution in [0.25, 0.3) is 11.2 Å². The maximum atomic E-state index is 13.7. The third-order valence-electron chi connectivity index (χ3n) is 13.3. The fraction of sp³-hybridized carbons (Fsp3) is 0.628. The molecular formula is C43H66N10O12SSi2. The van der Waals surface area contributed by atoms with E-state index in [0.29, 0.717) is 48.1 Å². The molecule has 7 rings (SSSR count). The second-order valence-electron chi connectivity index (χ2n) is 20.2. The van der Waals surface area contributed by atoms with Crippen LogP contribution in [0.2, 0.25) is 36.3 Å². The van der Waals surface area contributed by atoms with E-state index in [1.807, 2.05) is 0 Å². The van der Waals surface area contributed by atoms with E-state index in [1.165, 1.54) is 20.9 Å². The molecule has 0 spiro atoms. The standard InChI is InChI=1S/C43H66N10O12SSi2/c1-42(2,3)67(7,8)61-22-28-25(65-68(9,10)43(4,5)6)19-29(63-28)52-20-26-34(49-40(52)59)47-30-23(13-11-14-24(30)62-26)60-17-16-46-39(58)45-15-12-18-66-41-48-31-35(50-38(44)51-36(31)57)53(41)37-33(56)32(55)27(21-54)64-37/h11,13-14,20,25,27-29,32-33,37,54-56H,12,15-19,21-22H2,1-10H3,(H2,45,46,58)(H,47,49,59)(H3,44,50,51,57)/t25-,27+,28+,29+,32+,33+,37+/m0/s1. The van der Waals surface area contributed by atoms with E-state index in [1.54, 1.807) is 24.4 Å². The number of hydrogen-bond acceptors (Lipinski definition) is 18. The van der Waals surface area contributed by atoms with Gasteiger partial charge >= 0.3 is 11.7 Å². The fourth-order valence-electron chi connectivity index (χ4n) is 7.34. The molecule has 68 heavy (non-hydrogen) atoms. The average Bonchev–Trinajstić information content (AvgIpc) is 3.91. The Bertz CT molecular complexity index is 2580. The van der Waals surface area contributed by atoms with E-state index in [9.17, 15) is 29.7 Å². The molecule has 9 N–H and O–H groups in total. The molecule has 0 aliphatic carbocycles. The lowest BCUT2D eigenvalue weighted by Crippen LogP contribution is -2.48. The summed E-state index contributed by atoms with van der Waals surface area (Å²) in [6.45, 7) is 22.4. The van der Waals surface area contributed by atoms with Crippen molar-refractivity contribution in [3.05, 3.63) is 45.2 Å². The van der Waals surface area contributed by atoms with E-state index in [4.69, 9.17) is 33.5 Å². The van der Waals surface area contributed by atoms with Crippen LogP contribution in [0.3, 0.4) is 0 Å². The topological polar surface area (TPSA) is 294 Å². The molecule has 3 aliphatic rings. The van der Waals surface area contributed by atoms with Gasteiger partial charge in [-0.15, -0.1) is 0 Å². The number of carbonyl (C=O) groups excluding carboxylic acids is 1. The summed E-state index contributed by atoms with van der Waals surface area (Å²) in [4.78, 5) is 54.3. The second kappa shape index (κ2) is 20.0. The summed E-state index contributed by atoms with van der Waals surface area (Å²) < 4.78 is 41.0. The summed E-state index contributed by atoms with van der Waals surface area (Å²) in [6.07, 6.45) is -3.88. The van der Waals surface area contributed by atoms with Gasteiger partial charge < -0.3 is 64.8 Å².